The third-order valence-electron chi connectivity index (χ3n) is 2.60. The van der Waals surface area contributed by atoms with E-state index in [9.17, 15) is 9.59 Å². The molecule has 0 heterocycles. The lowest BCUT2D eigenvalue weighted by molar-refractivity contribution is -0.141. The maximum atomic E-state index is 11.5. The van der Waals surface area contributed by atoms with Crippen molar-refractivity contribution in [1.29, 1.82) is 0 Å². The van der Waals surface area contributed by atoms with Gasteiger partial charge in [-0.1, -0.05) is 19.9 Å². The van der Waals surface area contributed by atoms with Gasteiger partial charge < -0.3 is 5.11 Å². The number of carboxylic acid groups (broad SMARTS) is 1. The lowest BCUT2D eigenvalue weighted by atomic mass is 9.94. The highest BCUT2D eigenvalue weighted by Gasteiger charge is 2.16. The fraction of sp³-hybridized carbons (Fsp3) is 0.667. The Labute approximate surface area is 91.2 Å². The van der Waals surface area contributed by atoms with E-state index in [0.717, 1.165) is 12.8 Å². The summed E-state index contributed by atoms with van der Waals surface area (Å²) in [7, 11) is 0. The number of hydrogen-bond donors (Lipinski definition) is 1. The molecule has 0 aliphatic carbocycles. The SMILES string of the molecule is C=CCC[C@H](C)C(=O)CC[C@H](C)C(=O)O. The number of carbonyl (C=O) groups is 2. The third kappa shape index (κ3) is 6.05. The summed E-state index contributed by atoms with van der Waals surface area (Å²) in [6.07, 6.45) is 4.24. The second-order valence-corrected chi connectivity index (χ2v) is 4.01. The van der Waals surface area contributed by atoms with Crippen molar-refractivity contribution in [3.63, 3.8) is 0 Å². The molecule has 0 unspecified atom stereocenters. The highest BCUT2D eigenvalue weighted by molar-refractivity contribution is 5.81. The molecule has 86 valence electrons. The van der Waals surface area contributed by atoms with E-state index in [1.807, 2.05) is 6.92 Å². The van der Waals surface area contributed by atoms with Gasteiger partial charge >= 0.3 is 5.97 Å². The number of carboxylic acids is 1. The van der Waals surface area contributed by atoms with Crippen LogP contribution in [0, 0.1) is 11.8 Å². The van der Waals surface area contributed by atoms with Crippen LogP contribution < -0.4 is 0 Å². The summed E-state index contributed by atoms with van der Waals surface area (Å²) in [6.45, 7) is 7.12. The van der Waals surface area contributed by atoms with Gasteiger partial charge in [0.2, 0.25) is 0 Å². The van der Waals surface area contributed by atoms with Crippen LogP contribution in [0.4, 0.5) is 0 Å². The molecule has 0 aromatic carbocycles. The van der Waals surface area contributed by atoms with Crippen molar-refractivity contribution in [2.75, 3.05) is 0 Å². The van der Waals surface area contributed by atoms with Gasteiger partial charge in [-0.25, -0.2) is 0 Å². The molecule has 15 heavy (non-hydrogen) atoms. The predicted molar refractivity (Wildman–Crippen MR) is 59.6 cm³/mol. The first kappa shape index (κ1) is 13.9. The van der Waals surface area contributed by atoms with Crippen molar-refractivity contribution < 1.29 is 14.7 Å². The fourth-order valence-electron chi connectivity index (χ4n) is 1.26. The number of Topliss-reactive ketones (excluding diaryl/α,β-unsaturated/α-hetero) is 1. The number of rotatable bonds is 8. The molecule has 0 saturated carbocycles. The van der Waals surface area contributed by atoms with E-state index in [-0.39, 0.29) is 11.7 Å². The van der Waals surface area contributed by atoms with Crippen LogP contribution in [0.15, 0.2) is 12.7 Å². The summed E-state index contributed by atoms with van der Waals surface area (Å²) in [5, 5.41) is 8.65. The van der Waals surface area contributed by atoms with Crippen molar-refractivity contribution in [1.82, 2.24) is 0 Å². The molecule has 0 rings (SSSR count). The quantitative estimate of drug-likeness (QED) is 0.629. The predicted octanol–water partition coefficient (Wildman–Crippen LogP) is 2.66. The van der Waals surface area contributed by atoms with Gasteiger partial charge in [0.05, 0.1) is 5.92 Å². The van der Waals surface area contributed by atoms with Crippen molar-refractivity contribution in [2.24, 2.45) is 11.8 Å². The highest BCUT2D eigenvalue weighted by atomic mass is 16.4. The summed E-state index contributed by atoms with van der Waals surface area (Å²) in [5.74, 6) is -1.09. The largest absolute Gasteiger partial charge is 0.481 e. The van der Waals surface area contributed by atoms with Gasteiger partial charge in [0.1, 0.15) is 5.78 Å². The van der Waals surface area contributed by atoms with E-state index in [2.05, 4.69) is 6.58 Å². The van der Waals surface area contributed by atoms with E-state index in [1.165, 1.54) is 0 Å². The summed E-state index contributed by atoms with van der Waals surface area (Å²) < 4.78 is 0. The smallest absolute Gasteiger partial charge is 0.306 e. The highest BCUT2D eigenvalue weighted by Crippen LogP contribution is 2.13. The van der Waals surface area contributed by atoms with Gasteiger partial charge in [-0.05, 0) is 19.3 Å². The Kier molecular flexibility index (Phi) is 6.67. The van der Waals surface area contributed by atoms with E-state index in [4.69, 9.17) is 5.11 Å². The van der Waals surface area contributed by atoms with Gasteiger partial charge in [-0.3, -0.25) is 9.59 Å². The van der Waals surface area contributed by atoms with Crippen LogP contribution in [0.2, 0.25) is 0 Å². The Morgan fingerprint density at radius 1 is 1.27 bits per heavy atom. The normalized spacial score (nSPS) is 14.3. The molecule has 0 radical (unpaired) electrons. The monoisotopic (exact) mass is 212 g/mol. The molecule has 0 aliphatic rings. The maximum Gasteiger partial charge on any atom is 0.306 e. The number of aliphatic carboxylic acids is 1. The molecule has 0 aromatic rings. The molecule has 1 N–H and O–H groups in total. The Hall–Kier alpha value is -1.12. The molecule has 3 nitrogen and oxygen atoms in total. The molecule has 3 heteroatoms. The summed E-state index contributed by atoms with van der Waals surface area (Å²) >= 11 is 0. The molecule has 0 aromatic heterocycles. The Balaban J connectivity index is 3.82. The molecule has 0 saturated heterocycles. The number of hydrogen-bond acceptors (Lipinski definition) is 2. The average Bonchev–Trinajstić information content (AvgIpc) is 2.21. The first-order chi connectivity index (χ1) is 6.99. The summed E-state index contributed by atoms with van der Waals surface area (Å²) in [6, 6.07) is 0. The lowest BCUT2D eigenvalue weighted by Crippen LogP contribution is -2.15. The average molecular weight is 212 g/mol. The van der Waals surface area contributed by atoms with Crippen molar-refractivity contribution in [3.05, 3.63) is 12.7 Å². The Morgan fingerprint density at radius 3 is 2.33 bits per heavy atom. The fourth-order valence-corrected chi connectivity index (χ4v) is 1.26. The summed E-state index contributed by atoms with van der Waals surface area (Å²) in [5.41, 5.74) is 0. The number of carbonyl (C=O) groups excluding carboxylic acids is 1. The molecule has 0 fully saturated rings. The standard InChI is InChI=1S/C12H20O3/c1-4-5-6-9(2)11(13)8-7-10(3)12(14)15/h4,9-10H,1,5-8H2,2-3H3,(H,14,15)/t9-,10-/m0/s1. The van der Waals surface area contributed by atoms with Crippen LogP contribution in [0.25, 0.3) is 0 Å². The first-order valence-electron chi connectivity index (χ1n) is 5.35. The second kappa shape index (κ2) is 7.21. The lowest BCUT2D eigenvalue weighted by Gasteiger charge is -2.10. The van der Waals surface area contributed by atoms with Crippen LogP contribution in [-0.2, 0) is 9.59 Å². The number of allylic oxidation sites excluding steroid dienone is 1. The van der Waals surface area contributed by atoms with Gasteiger partial charge in [0, 0.05) is 12.3 Å². The van der Waals surface area contributed by atoms with Gasteiger partial charge in [-0.15, -0.1) is 6.58 Å². The molecule has 0 spiro atoms. The number of ketones is 1. The van der Waals surface area contributed by atoms with Crippen molar-refractivity contribution in [2.45, 2.75) is 39.5 Å². The maximum absolute atomic E-state index is 11.5. The van der Waals surface area contributed by atoms with E-state index >= 15 is 0 Å². The van der Waals surface area contributed by atoms with Crippen molar-refractivity contribution >= 4 is 11.8 Å². The van der Waals surface area contributed by atoms with E-state index in [1.54, 1.807) is 13.0 Å². The van der Waals surface area contributed by atoms with Crippen LogP contribution in [0.5, 0.6) is 0 Å². The first-order valence-corrected chi connectivity index (χ1v) is 5.35. The van der Waals surface area contributed by atoms with E-state index < -0.39 is 11.9 Å². The summed E-state index contributed by atoms with van der Waals surface area (Å²) in [4.78, 5) is 22.1. The Bertz CT molecular complexity index is 233. The molecule has 0 aliphatic heterocycles. The van der Waals surface area contributed by atoms with Crippen LogP contribution in [0.3, 0.4) is 0 Å². The second-order valence-electron chi connectivity index (χ2n) is 4.01. The van der Waals surface area contributed by atoms with Crippen LogP contribution >= 0.6 is 0 Å². The molecular formula is C12H20O3. The van der Waals surface area contributed by atoms with Crippen LogP contribution in [0.1, 0.15) is 39.5 Å². The van der Waals surface area contributed by atoms with E-state index in [0.29, 0.717) is 12.8 Å². The zero-order chi connectivity index (χ0) is 11.8. The molecule has 2 atom stereocenters. The van der Waals surface area contributed by atoms with Gasteiger partial charge in [0.25, 0.3) is 0 Å². The third-order valence-corrected chi connectivity index (χ3v) is 2.60. The molecule has 0 bridgehead atoms. The van der Waals surface area contributed by atoms with Crippen molar-refractivity contribution in [3.8, 4) is 0 Å². The van der Waals surface area contributed by atoms with Crippen LogP contribution in [-0.4, -0.2) is 16.9 Å². The zero-order valence-corrected chi connectivity index (χ0v) is 9.53. The Morgan fingerprint density at radius 2 is 1.87 bits per heavy atom. The molecular weight excluding hydrogens is 192 g/mol. The topological polar surface area (TPSA) is 54.4 Å². The molecule has 0 amide bonds. The van der Waals surface area contributed by atoms with Gasteiger partial charge in [-0.2, -0.15) is 0 Å². The minimum Gasteiger partial charge on any atom is -0.481 e. The minimum atomic E-state index is -0.832. The zero-order valence-electron chi connectivity index (χ0n) is 9.53. The van der Waals surface area contributed by atoms with Gasteiger partial charge in [0.15, 0.2) is 0 Å². The minimum absolute atomic E-state index is 0.0176.